The molecule has 2 rings (SSSR count). The molecule has 0 aliphatic carbocycles. The number of carboxylic acid groups (broad SMARTS) is 1. The van der Waals surface area contributed by atoms with E-state index in [-0.39, 0.29) is 17.3 Å². The van der Waals surface area contributed by atoms with Crippen molar-refractivity contribution in [3.63, 3.8) is 0 Å². The third-order valence-electron chi connectivity index (χ3n) is 4.07. The normalized spacial score (nSPS) is 11.2. The van der Waals surface area contributed by atoms with E-state index in [0.717, 1.165) is 11.1 Å². The average Bonchev–Trinajstić information content (AvgIpc) is 2.55. The molecule has 126 valence electrons. The van der Waals surface area contributed by atoms with Gasteiger partial charge in [0.2, 0.25) is 5.91 Å². The molecule has 4 nitrogen and oxygen atoms in total. The number of carbonyl (C=O) groups is 2. The first-order valence-electron chi connectivity index (χ1n) is 7.55. The zero-order valence-electron chi connectivity index (χ0n) is 13.9. The predicted octanol–water partition coefficient (Wildman–Crippen LogP) is 3.46. The number of hydrogen-bond acceptors (Lipinski definition) is 2. The number of benzene rings is 2. The fourth-order valence-corrected chi connectivity index (χ4v) is 2.57. The number of carbonyl (C=O) groups excluding carboxylic acids is 1. The molecule has 0 unspecified atom stereocenters. The standard InChI is InChI=1S/C19H20FNO3/c1-19(2,15-8-10-16(20)11-9-15)18(24)21(3)12-13-4-6-14(7-5-13)17(22)23/h4-11H,12H2,1-3H3,(H,22,23). The van der Waals surface area contributed by atoms with Gasteiger partial charge in [-0.1, -0.05) is 24.3 Å². The Hall–Kier alpha value is -2.69. The van der Waals surface area contributed by atoms with E-state index in [1.54, 1.807) is 50.1 Å². The molecule has 1 amide bonds. The van der Waals surface area contributed by atoms with Gasteiger partial charge in [0, 0.05) is 13.6 Å². The van der Waals surface area contributed by atoms with Crippen molar-refractivity contribution in [2.24, 2.45) is 0 Å². The van der Waals surface area contributed by atoms with Crippen LogP contribution in [0.1, 0.15) is 35.3 Å². The summed E-state index contributed by atoms with van der Waals surface area (Å²) in [5.41, 5.74) is 0.996. The van der Waals surface area contributed by atoms with Gasteiger partial charge in [0.1, 0.15) is 5.82 Å². The summed E-state index contributed by atoms with van der Waals surface area (Å²) in [6, 6.07) is 12.3. The molecule has 0 radical (unpaired) electrons. The van der Waals surface area contributed by atoms with E-state index in [9.17, 15) is 14.0 Å². The number of nitrogens with zero attached hydrogens (tertiary/aromatic N) is 1. The third kappa shape index (κ3) is 3.79. The molecule has 5 heteroatoms. The van der Waals surface area contributed by atoms with Crippen LogP contribution in [0, 0.1) is 5.82 Å². The highest BCUT2D eigenvalue weighted by Gasteiger charge is 2.32. The number of aromatic carboxylic acids is 1. The molecule has 0 saturated heterocycles. The van der Waals surface area contributed by atoms with Crippen LogP contribution in [-0.4, -0.2) is 28.9 Å². The number of carboxylic acids is 1. The number of amides is 1. The van der Waals surface area contributed by atoms with Crippen molar-refractivity contribution in [1.82, 2.24) is 4.90 Å². The Balaban J connectivity index is 2.13. The molecule has 0 aliphatic heterocycles. The summed E-state index contributed by atoms with van der Waals surface area (Å²) in [5.74, 6) is -1.42. The first-order chi connectivity index (χ1) is 11.2. The van der Waals surface area contributed by atoms with E-state index in [4.69, 9.17) is 5.11 Å². The molecule has 0 spiro atoms. The van der Waals surface area contributed by atoms with Gasteiger partial charge in [-0.05, 0) is 49.2 Å². The highest BCUT2D eigenvalue weighted by molar-refractivity contribution is 5.88. The Morgan fingerprint density at radius 1 is 1.04 bits per heavy atom. The molecule has 0 aromatic heterocycles. The van der Waals surface area contributed by atoms with Crippen LogP contribution in [0.25, 0.3) is 0 Å². The molecule has 24 heavy (non-hydrogen) atoms. The minimum atomic E-state index is -0.983. The van der Waals surface area contributed by atoms with Crippen molar-refractivity contribution in [1.29, 1.82) is 0 Å². The summed E-state index contributed by atoms with van der Waals surface area (Å²) in [5, 5.41) is 8.91. The summed E-state index contributed by atoms with van der Waals surface area (Å²) < 4.78 is 13.1. The molecule has 2 aromatic rings. The Labute approximate surface area is 140 Å². The maximum Gasteiger partial charge on any atom is 0.335 e. The average molecular weight is 329 g/mol. The van der Waals surface area contributed by atoms with Gasteiger partial charge in [-0.25, -0.2) is 9.18 Å². The minimum Gasteiger partial charge on any atom is -0.478 e. The summed E-state index contributed by atoms with van der Waals surface area (Å²) in [7, 11) is 1.69. The lowest BCUT2D eigenvalue weighted by Crippen LogP contribution is -2.41. The molecule has 0 fully saturated rings. The largest absolute Gasteiger partial charge is 0.478 e. The van der Waals surface area contributed by atoms with Crippen LogP contribution in [0.3, 0.4) is 0 Å². The third-order valence-corrected chi connectivity index (χ3v) is 4.07. The van der Waals surface area contributed by atoms with Gasteiger partial charge in [0.15, 0.2) is 0 Å². The molecule has 2 aromatic carbocycles. The first kappa shape index (κ1) is 17.7. The Kier molecular flexibility index (Phi) is 5.02. The van der Waals surface area contributed by atoms with E-state index < -0.39 is 11.4 Å². The van der Waals surface area contributed by atoms with Gasteiger partial charge in [-0.3, -0.25) is 4.79 Å². The van der Waals surface area contributed by atoms with Gasteiger partial charge >= 0.3 is 5.97 Å². The topological polar surface area (TPSA) is 57.6 Å². The Morgan fingerprint density at radius 3 is 2.08 bits per heavy atom. The lowest BCUT2D eigenvalue weighted by molar-refractivity contribution is -0.135. The molecule has 0 heterocycles. The lowest BCUT2D eigenvalue weighted by atomic mass is 9.83. The summed E-state index contributed by atoms with van der Waals surface area (Å²) >= 11 is 0. The summed E-state index contributed by atoms with van der Waals surface area (Å²) in [6.07, 6.45) is 0. The quantitative estimate of drug-likeness (QED) is 0.914. The van der Waals surface area contributed by atoms with Crippen molar-refractivity contribution in [3.05, 3.63) is 71.0 Å². The van der Waals surface area contributed by atoms with E-state index in [1.807, 2.05) is 0 Å². The van der Waals surface area contributed by atoms with Crippen LogP contribution in [0.15, 0.2) is 48.5 Å². The monoisotopic (exact) mass is 329 g/mol. The highest BCUT2D eigenvalue weighted by atomic mass is 19.1. The van der Waals surface area contributed by atoms with E-state index in [0.29, 0.717) is 6.54 Å². The molecule has 0 bridgehead atoms. The summed E-state index contributed by atoms with van der Waals surface area (Å²) in [4.78, 5) is 25.2. The molecule has 0 saturated carbocycles. The predicted molar refractivity (Wildman–Crippen MR) is 89.3 cm³/mol. The van der Waals surface area contributed by atoms with Crippen molar-refractivity contribution < 1.29 is 19.1 Å². The van der Waals surface area contributed by atoms with Gasteiger partial charge in [0.05, 0.1) is 11.0 Å². The number of likely N-dealkylation sites (N-methyl/N-ethyl adjacent to an activating group) is 1. The van der Waals surface area contributed by atoms with Crippen LogP contribution in [0.5, 0.6) is 0 Å². The number of hydrogen-bond donors (Lipinski definition) is 1. The van der Waals surface area contributed by atoms with Crippen molar-refractivity contribution in [3.8, 4) is 0 Å². The first-order valence-corrected chi connectivity index (χ1v) is 7.55. The second-order valence-electron chi connectivity index (χ2n) is 6.30. The Morgan fingerprint density at radius 2 is 1.58 bits per heavy atom. The summed E-state index contributed by atoms with van der Waals surface area (Å²) in [6.45, 7) is 3.96. The molecule has 0 aliphatic rings. The SMILES string of the molecule is CN(Cc1ccc(C(=O)O)cc1)C(=O)C(C)(C)c1ccc(F)cc1. The molecular formula is C19H20FNO3. The van der Waals surface area contributed by atoms with E-state index >= 15 is 0 Å². The zero-order valence-corrected chi connectivity index (χ0v) is 13.9. The molecular weight excluding hydrogens is 309 g/mol. The molecule has 0 atom stereocenters. The van der Waals surface area contributed by atoms with Gasteiger partial charge in [-0.2, -0.15) is 0 Å². The second-order valence-corrected chi connectivity index (χ2v) is 6.30. The van der Waals surface area contributed by atoms with Crippen LogP contribution in [0.2, 0.25) is 0 Å². The van der Waals surface area contributed by atoms with Crippen LogP contribution in [0.4, 0.5) is 4.39 Å². The van der Waals surface area contributed by atoms with E-state index in [2.05, 4.69) is 0 Å². The Bertz CT molecular complexity index is 736. The van der Waals surface area contributed by atoms with Crippen molar-refractivity contribution in [2.45, 2.75) is 25.8 Å². The van der Waals surface area contributed by atoms with E-state index in [1.165, 1.54) is 24.3 Å². The van der Waals surface area contributed by atoms with Crippen molar-refractivity contribution >= 4 is 11.9 Å². The van der Waals surface area contributed by atoms with Gasteiger partial charge in [-0.15, -0.1) is 0 Å². The maximum atomic E-state index is 13.1. The smallest absolute Gasteiger partial charge is 0.335 e. The van der Waals surface area contributed by atoms with Gasteiger partial charge in [0.25, 0.3) is 0 Å². The molecule has 1 N–H and O–H groups in total. The van der Waals surface area contributed by atoms with Crippen LogP contribution < -0.4 is 0 Å². The zero-order chi connectivity index (χ0) is 17.9. The van der Waals surface area contributed by atoms with Crippen LogP contribution >= 0.6 is 0 Å². The fourth-order valence-electron chi connectivity index (χ4n) is 2.57. The fraction of sp³-hybridized carbons (Fsp3) is 0.263. The second kappa shape index (κ2) is 6.83. The maximum absolute atomic E-state index is 13.1. The highest BCUT2D eigenvalue weighted by Crippen LogP contribution is 2.26. The van der Waals surface area contributed by atoms with Crippen molar-refractivity contribution in [2.75, 3.05) is 7.05 Å². The lowest BCUT2D eigenvalue weighted by Gasteiger charge is -2.30. The minimum absolute atomic E-state index is 0.101. The number of halogens is 1. The van der Waals surface area contributed by atoms with Crippen LogP contribution in [-0.2, 0) is 16.8 Å². The number of rotatable bonds is 5. The van der Waals surface area contributed by atoms with Gasteiger partial charge < -0.3 is 10.0 Å².